The monoisotopic (exact) mass is 368 g/mol. The Morgan fingerprint density at radius 2 is 2.07 bits per heavy atom. The zero-order chi connectivity index (χ0) is 19.3. The van der Waals surface area contributed by atoms with E-state index in [1.165, 1.54) is 7.11 Å². The van der Waals surface area contributed by atoms with Gasteiger partial charge >= 0.3 is 5.97 Å². The number of H-pyrrole nitrogens is 1. The van der Waals surface area contributed by atoms with Crippen molar-refractivity contribution in [3.05, 3.63) is 52.4 Å². The van der Waals surface area contributed by atoms with Crippen molar-refractivity contribution in [3.8, 4) is 0 Å². The summed E-state index contributed by atoms with van der Waals surface area (Å²) in [5.74, 6) is -1.33. The molecule has 0 amide bonds. The summed E-state index contributed by atoms with van der Waals surface area (Å²) in [5, 5.41) is 14.4. The minimum Gasteiger partial charge on any atom is -0.633 e. The fourth-order valence-corrected chi connectivity index (χ4v) is 4.94. The average Bonchev–Trinajstić information content (AvgIpc) is 3.01. The number of likely N-dealkylation sites (N-methyl/N-ethyl adjacent to an activating group) is 1. The van der Waals surface area contributed by atoms with Crippen LogP contribution in [0.15, 0.2) is 35.9 Å². The molecule has 1 aliphatic carbocycles. The number of ether oxygens (including phenoxy) is 1. The number of aromatic amines is 1. The van der Waals surface area contributed by atoms with Crippen LogP contribution in [0.3, 0.4) is 0 Å². The normalized spacial score (nSPS) is 32.1. The van der Waals surface area contributed by atoms with Crippen LogP contribution in [0.4, 0.5) is 0 Å². The molecule has 142 valence electrons. The molecule has 1 fully saturated rings. The fraction of sp³-hybridized carbons (Fsp3) is 0.429. The first kappa shape index (κ1) is 17.9. The predicted octanol–water partition coefficient (Wildman–Crippen LogP) is 2.98. The van der Waals surface area contributed by atoms with Gasteiger partial charge in [-0.15, -0.1) is 0 Å². The number of ketones is 1. The molecule has 0 saturated carbocycles. The van der Waals surface area contributed by atoms with E-state index in [0.29, 0.717) is 18.7 Å². The number of para-hydroxylation sites is 1. The summed E-state index contributed by atoms with van der Waals surface area (Å²) < 4.78 is 4.53. The molecular weight excluding hydrogens is 344 g/mol. The number of piperidine rings is 1. The van der Waals surface area contributed by atoms with E-state index >= 15 is 0 Å². The summed E-state index contributed by atoms with van der Waals surface area (Å²) in [6, 6.07) is 7.24. The van der Waals surface area contributed by atoms with Crippen molar-refractivity contribution in [1.82, 2.24) is 4.98 Å². The number of allylic oxidation sites excluding steroid dienone is 1. The highest BCUT2D eigenvalue weighted by molar-refractivity contribution is 6.03. The van der Waals surface area contributed by atoms with Gasteiger partial charge < -0.3 is 19.6 Å². The quantitative estimate of drug-likeness (QED) is 0.363. The Morgan fingerprint density at radius 1 is 1.33 bits per heavy atom. The first-order valence-electron chi connectivity index (χ1n) is 9.29. The SMILES string of the molecule is C/C=C1/C[N@+](C)([O-])[C@H]2Cc3c([nH]c4ccccc34)C(=O)C[C@H]1[C@@H]2C(=O)OC. The second-order valence-corrected chi connectivity index (χ2v) is 7.77. The topological polar surface area (TPSA) is 82.2 Å². The van der Waals surface area contributed by atoms with Crippen molar-refractivity contribution < 1.29 is 19.0 Å². The van der Waals surface area contributed by atoms with E-state index in [1.54, 1.807) is 7.05 Å². The number of aromatic nitrogens is 1. The lowest BCUT2D eigenvalue weighted by Crippen LogP contribution is -2.62. The molecule has 1 saturated heterocycles. The lowest BCUT2D eigenvalue weighted by atomic mass is 9.70. The van der Waals surface area contributed by atoms with Crippen LogP contribution in [0, 0.1) is 17.0 Å². The largest absolute Gasteiger partial charge is 0.633 e. The summed E-state index contributed by atoms with van der Waals surface area (Å²) in [6.07, 6.45) is 2.46. The lowest BCUT2D eigenvalue weighted by molar-refractivity contribution is -0.890. The zero-order valence-electron chi connectivity index (χ0n) is 15.8. The van der Waals surface area contributed by atoms with Gasteiger partial charge in [-0.2, -0.15) is 0 Å². The Morgan fingerprint density at radius 3 is 2.78 bits per heavy atom. The van der Waals surface area contributed by atoms with Crippen molar-refractivity contribution >= 4 is 22.7 Å². The van der Waals surface area contributed by atoms with Crippen LogP contribution in [0.1, 0.15) is 29.4 Å². The van der Waals surface area contributed by atoms with Crippen LogP contribution in [0.25, 0.3) is 10.9 Å². The number of quaternary nitrogens is 1. The number of carbonyl (C=O) groups excluding carboxylic acids is 2. The second-order valence-electron chi connectivity index (χ2n) is 7.77. The van der Waals surface area contributed by atoms with Gasteiger partial charge in [0.2, 0.25) is 0 Å². The number of esters is 1. The van der Waals surface area contributed by atoms with Crippen molar-refractivity contribution in [3.63, 3.8) is 0 Å². The molecule has 6 nitrogen and oxygen atoms in total. The number of rotatable bonds is 1. The van der Waals surface area contributed by atoms with Gasteiger partial charge in [0, 0.05) is 29.7 Å². The Balaban J connectivity index is 1.94. The zero-order valence-corrected chi connectivity index (χ0v) is 15.8. The van der Waals surface area contributed by atoms with Gasteiger partial charge in [0.15, 0.2) is 5.78 Å². The summed E-state index contributed by atoms with van der Waals surface area (Å²) >= 11 is 0. The molecule has 2 heterocycles. The fourth-order valence-electron chi connectivity index (χ4n) is 4.94. The molecule has 0 radical (unpaired) electrons. The number of hydrogen-bond donors (Lipinski definition) is 1. The summed E-state index contributed by atoms with van der Waals surface area (Å²) in [4.78, 5) is 29.1. The van der Waals surface area contributed by atoms with Gasteiger partial charge in [0.25, 0.3) is 0 Å². The molecule has 2 aliphatic rings. The minimum absolute atomic E-state index is 0.0140. The first-order valence-corrected chi connectivity index (χ1v) is 9.29. The maximum atomic E-state index is 13.5. The smallest absolute Gasteiger partial charge is 0.315 e. The van der Waals surface area contributed by atoms with Gasteiger partial charge in [-0.05, 0) is 24.1 Å². The maximum Gasteiger partial charge on any atom is 0.315 e. The molecule has 4 atom stereocenters. The van der Waals surface area contributed by atoms with Gasteiger partial charge in [-0.25, -0.2) is 0 Å². The van der Waals surface area contributed by atoms with Crippen molar-refractivity contribution in [1.29, 1.82) is 0 Å². The first-order chi connectivity index (χ1) is 12.9. The molecule has 0 unspecified atom stereocenters. The van der Waals surface area contributed by atoms with Crippen LogP contribution in [-0.4, -0.2) is 48.1 Å². The average molecular weight is 368 g/mol. The van der Waals surface area contributed by atoms with E-state index in [9.17, 15) is 14.8 Å². The molecule has 1 aliphatic heterocycles. The van der Waals surface area contributed by atoms with E-state index in [-0.39, 0.29) is 18.1 Å². The number of carbonyl (C=O) groups is 2. The van der Waals surface area contributed by atoms with E-state index in [0.717, 1.165) is 22.0 Å². The van der Waals surface area contributed by atoms with E-state index in [1.807, 2.05) is 37.3 Å². The molecule has 1 N–H and O–H groups in total. The Bertz CT molecular complexity index is 956. The maximum absolute atomic E-state index is 13.5. The Hall–Kier alpha value is -2.44. The van der Waals surface area contributed by atoms with Crippen molar-refractivity contribution in [2.24, 2.45) is 11.8 Å². The van der Waals surface area contributed by atoms with Gasteiger partial charge in [0.1, 0.15) is 18.5 Å². The minimum atomic E-state index is -0.622. The molecule has 2 aromatic rings. The second kappa shape index (κ2) is 6.32. The molecule has 2 bridgehead atoms. The van der Waals surface area contributed by atoms with E-state index < -0.39 is 22.6 Å². The lowest BCUT2D eigenvalue weighted by Gasteiger charge is -2.54. The predicted molar refractivity (Wildman–Crippen MR) is 102 cm³/mol. The number of nitrogens with zero attached hydrogens (tertiary/aromatic N) is 1. The van der Waals surface area contributed by atoms with Gasteiger partial charge in [0.05, 0.1) is 19.9 Å². The van der Waals surface area contributed by atoms with E-state index in [2.05, 4.69) is 4.98 Å². The highest BCUT2D eigenvalue weighted by Gasteiger charge is 2.51. The van der Waals surface area contributed by atoms with Crippen LogP contribution < -0.4 is 0 Å². The molecule has 1 aromatic heterocycles. The third-order valence-corrected chi connectivity index (χ3v) is 6.28. The number of hydrogen-bond acceptors (Lipinski definition) is 4. The Labute approximate surface area is 158 Å². The number of benzene rings is 1. The van der Waals surface area contributed by atoms with Crippen LogP contribution in [-0.2, 0) is 16.0 Å². The highest BCUT2D eigenvalue weighted by atomic mass is 16.5. The van der Waals surface area contributed by atoms with Crippen LogP contribution >= 0.6 is 0 Å². The van der Waals surface area contributed by atoms with Gasteiger partial charge in [-0.3, -0.25) is 9.59 Å². The standard InChI is InChI=1S/C21H24N2O4/c1-4-12-11-23(2,26)17-9-15-13-7-5-6-8-16(13)22-20(15)18(24)10-14(12)19(17)21(25)27-3/h4-8,14,17,19,22H,9-11H2,1-3H3/b12-4-/t14-,17+,19+,23+/m1/s1. The molecule has 1 aromatic carbocycles. The number of Topliss-reactive ketones (excluding diaryl/α,β-unsaturated/α-hetero) is 1. The number of likely N-dealkylation sites (tertiary alicyclic amines) is 1. The number of fused-ring (bicyclic) bond motifs is 5. The summed E-state index contributed by atoms with van der Waals surface area (Å²) in [5.41, 5.74) is 3.17. The summed E-state index contributed by atoms with van der Waals surface area (Å²) in [6.45, 7) is 2.16. The Kier molecular flexibility index (Phi) is 4.20. The van der Waals surface area contributed by atoms with Crippen molar-refractivity contribution in [2.45, 2.75) is 25.8 Å². The number of methoxy groups -OCH3 is 1. The third kappa shape index (κ3) is 2.71. The summed E-state index contributed by atoms with van der Waals surface area (Å²) in [7, 11) is 2.97. The van der Waals surface area contributed by atoms with Crippen molar-refractivity contribution in [2.75, 3.05) is 20.7 Å². The van der Waals surface area contributed by atoms with Crippen LogP contribution in [0.2, 0.25) is 0 Å². The molecule has 0 spiro atoms. The molecular formula is C21H24N2O4. The highest BCUT2D eigenvalue weighted by Crippen LogP contribution is 2.44. The molecule has 4 rings (SSSR count). The molecule has 6 heteroatoms. The number of nitrogens with one attached hydrogen (secondary N) is 1. The third-order valence-electron chi connectivity index (χ3n) is 6.28. The number of hydroxylamine groups is 3. The van der Waals surface area contributed by atoms with E-state index in [4.69, 9.17) is 4.74 Å². The molecule has 27 heavy (non-hydrogen) atoms. The van der Waals surface area contributed by atoms with Crippen LogP contribution in [0.5, 0.6) is 0 Å². The van der Waals surface area contributed by atoms with Gasteiger partial charge in [-0.1, -0.05) is 24.3 Å².